The summed E-state index contributed by atoms with van der Waals surface area (Å²) >= 11 is 0. The zero-order valence-corrected chi connectivity index (χ0v) is 29.7. The Morgan fingerprint density at radius 1 is 1.08 bits per heavy atom. The average molecular weight is 731 g/mol. The van der Waals surface area contributed by atoms with Gasteiger partial charge in [0.05, 0.1) is 47.7 Å². The molecule has 270 valence electrons. The van der Waals surface area contributed by atoms with Crippen LogP contribution in [-0.2, 0) is 30.8 Å². The maximum absolute atomic E-state index is 14.1. The number of benzene rings is 2. The van der Waals surface area contributed by atoms with Gasteiger partial charge in [0.15, 0.2) is 6.54 Å². The Hall–Kier alpha value is -3.60. The van der Waals surface area contributed by atoms with Gasteiger partial charge in [-0.15, -0.1) is 0 Å². The van der Waals surface area contributed by atoms with Crippen LogP contribution in [0.2, 0.25) is 0 Å². The van der Waals surface area contributed by atoms with E-state index in [9.17, 15) is 37.8 Å². The van der Waals surface area contributed by atoms with Crippen LogP contribution < -0.4 is 28.6 Å². The van der Waals surface area contributed by atoms with Gasteiger partial charge in [0.2, 0.25) is 5.91 Å². The van der Waals surface area contributed by atoms with E-state index in [1.807, 2.05) is 12.1 Å². The Morgan fingerprint density at radius 3 is 2.36 bits per heavy atom. The van der Waals surface area contributed by atoms with Crippen molar-refractivity contribution in [2.45, 2.75) is 37.3 Å². The van der Waals surface area contributed by atoms with Crippen molar-refractivity contribution in [1.82, 2.24) is 14.5 Å². The van der Waals surface area contributed by atoms with Gasteiger partial charge >= 0.3 is 0 Å². The number of rotatable bonds is 11. The number of nitrogens with one attached hydrogen (secondary N) is 1. The number of carboxylic acid groups (broad SMARTS) is 1. The smallest absolute Gasteiger partial charge is 0.275 e. The van der Waals surface area contributed by atoms with Gasteiger partial charge in [0.1, 0.15) is 39.3 Å². The molecular formula is C34H43ClN6O8S. The molecule has 8 rings (SSSR count). The summed E-state index contributed by atoms with van der Waals surface area (Å²) in [6, 6.07) is 7.84. The predicted octanol–water partition coefficient (Wildman–Crippen LogP) is -4.87. The Kier molecular flexibility index (Phi) is 9.32. The Labute approximate surface area is 297 Å². The van der Waals surface area contributed by atoms with Crippen LogP contribution in [0.25, 0.3) is 10.8 Å². The van der Waals surface area contributed by atoms with Gasteiger partial charge in [-0.3, -0.25) is 14.4 Å². The minimum absolute atomic E-state index is 0. The largest absolute Gasteiger partial charge is 1.00 e. The zero-order chi connectivity index (χ0) is 35.0. The lowest BCUT2D eigenvalue weighted by Gasteiger charge is -2.55. The third-order valence-corrected chi connectivity index (χ3v) is 13.7. The molecule has 2 bridgehead atoms. The van der Waals surface area contributed by atoms with E-state index in [0.29, 0.717) is 41.1 Å². The fourth-order valence-electron chi connectivity index (χ4n) is 9.01. The van der Waals surface area contributed by atoms with Crippen LogP contribution in [0.4, 0.5) is 0 Å². The number of hydrogen-bond donors (Lipinski definition) is 3. The highest BCUT2D eigenvalue weighted by Gasteiger charge is 2.59. The molecule has 16 heteroatoms. The molecule has 14 nitrogen and oxygen atoms in total. The van der Waals surface area contributed by atoms with Gasteiger partial charge in [-0.05, 0) is 35.6 Å². The highest BCUT2D eigenvalue weighted by Crippen LogP contribution is 2.48. The number of nitrogens with two attached hydrogens (primary N) is 1. The number of aliphatic hydroxyl groups excluding tert-OH is 1. The summed E-state index contributed by atoms with van der Waals surface area (Å²) in [7, 11) is -4.40. The molecule has 0 aliphatic carbocycles. The maximum Gasteiger partial charge on any atom is 0.275 e. The molecule has 2 aromatic carbocycles. The van der Waals surface area contributed by atoms with E-state index < -0.39 is 64.0 Å². The fourth-order valence-corrected chi connectivity index (χ4v) is 10.6. The van der Waals surface area contributed by atoms with E-state index in [1.54, 1.807) is 19.1 Å². The van der Waals surface area contributed by atoms with E-state index in [-0.39, 0.29) is 34.3 Å². The van der Waals surface area contributed by atoms with Gasteiger partial charge in [-0.2, -0.15) is 0 Å². The monoisotopic (exact) mass is 730 g/mol. The first-order chi connectivity index (χ1) is 23.2. The quantitative estimate of drug-likeness (QED) is 0.150. The predicted molar refractivity (Wildman–Crippen MR) is 174 cm³/mol. The van der Waals surface area contributed by atoms with Crippen LogP contribution >= 0.6 is 0 Å². The molecule has 0 radical (unpaired) electrons. The van der Waals surface area contributed by atoms with Gasteiger partial charge in [-0.1, -0.05) is 25.1 Å². The minimum atomic E-state index is -4.40. The van der Waals surface area contributed by atoms with Crippen LogP contribution in [-0.4, -0.2) is 140 Å². The molecule has 6 aliphatic rings. The second kappa shape index (κ2) is 12.9. The standard InChI is InChI=1S/C34H42N6O8S.ClH/c1-20-25(31(34(45)46)38-30(20)28(21(2)41)33(38)44)18-37-32(43)24-5-3-4-23-22(6-7-26(29(23)24)49(37,47)48)8-11-39-12-15-40(16-13-39,17-14-39)19-27(42)36-10-9-35;/h3-7,20-21,28,30,41H,8-19,35H2,1-2H3;1H/t20-,21+,28+,30+,39?,40?;/m0./s1. The van der Waals surface area contributed by atoms with Crippen LogP contribution in [0, 0.1) is 11.8 Å². The minimum Gasteiger partial charge on any atom is -1.00 e. The summed E-state index contributed by atoms with van der Waals surface area (Å²) in [4.78, 5) is 52.5. The van der Waals surface area contributed by atoms with E-state index >= 15 is 0 Å². The van der Waals surface area contributed by atoms with Crippen LogP contribution in [0.3, 0.4) is 0 Å². The van der Waals surface area contributed by atoms with E-state index in [1.165, 1.54) is 13.0 Å². The summed E-state index contributed by atoms with van der Waals surface area (Å²) in [5, 5.41) is 26.4. The lowest BCUT2D eigenvalue weighted by Crippen LogP contribution is -3.00. The molecule has 0 unspecified atom stereocenters. The third-order valence-electron chi connectivity index (χ3n) is 11.9. The van der Waals surface area contributed by atoms with Crippen molar-refractivity contribution in [3.05, 3.63) is 52.7 Å². The number of carbonyl (C=O) groups excluding carboxylic acids is 4. The Balaban J connectivity index is 0.00000432. The van der Waals surface area contributed by atoms with Gasteiger partial charge in [0.25, 0.3) is 21.8 Å². The number of aliphatic carboxylic acids is 1. The Bertz CT molecular complexity index is 1910. The number of amides is 3. The first kappa shape index (κ1) is 36.2. The third kappa shape index (κ3) is 5.49. The van der Waals surface area contributed by atoms with Crippen LogP contribution in [0.15, 0.2) is 46.5 Å². The number of quaternary nitrogens is 2. The van der Waals surface area contributed by atoms with Crippen LogP contribution in [0.5, 0.6) is 0 Å². The first-order valence-electron chi connectivity index (χ1n) is 17.0. The first-order valence-corrected chi connectivity index (χ1v) is 18.4. The van der Waals surface area contributed by atoms with Crippen molar-refractivity contribution in [2.75, 3.05) is 72.0 Å². The van der Waals surface area contributed by atoms with Crippen molar-refractivity contribution in [3.8, 4) is 0 Å². The van der Waals surface area contributed by atoms with Crippen molar-refractivity contribution < 1.29 is 59.2 Å². The molecule has 3 amide bonds. The second-order valence-corrected chi connectivity index (χ2v) is 16.3. The fraction of sp³-hybridized carbons (Fsp3) is 0.529. The molecule has 4 fully saturated rings. The number of carboxylic acids is 1. The number of halogens is 1. The summed E-state index contributed by atoms with van der Waals surface area (Å²) < 4.78 is 30.7. The number of carbonyl (C=O) groups is 4. The maximum atomic E-state index is 14.1. The second-order valence-electron chi connectivity index (χ2n) is 14.5. The molecule has 4 N–H and O–H groups in total. The lowest BCUT2D eigenvalue weighted by atomic mass is 9.78. The number of β-lactam (4-membered cyclic amide) rings is 1. The Morgan fingerprint density at radius 2 is 1.74 bits per heavy atom. The topological polar surface area (TPSA) is 190 Å². The molecule has 50 heavy (non-hydrogen) atoms. The highest BCUT2D eigenvalue weighted by molar-refractivity contribution is 7.90. The number of piperazine rings is 3. The number of sulfonamides is 1. The highest BCUT2D eigenvalue weighted by atomic mass is 35.5. The lowest BCUT2D eigenvalue weighted by molar-refractivity contribution is -1.08. The van der Waals surface area contributed by atoms with Gasteiger partial charge in [-0.25, -0.2) is 12.7 Å². The summed E-state index contributed by atoms with van der Waals surface area (Å²) in [6.45, 7) is 10.4. The van der Waals surface area contributed by atoms with Gasteiger partial charge < -0.3 is 52.3 Å². The molecule has 6 heterocycles. The number of hydrogen-bond acceptors (Lipinski definition) is 9. The normalized spacial score (nSPS) is 29.8. The average Bonchev–Trinajstić information content (AvgIpc) is 3.31. The molecule has 0 saturated carbocycles. The van der Waals surface area contributed by atoms with Crippen molar-refractivity contribution >= 4 is 44.5 Å². The molecule has 0 spiro atoms. The molecular weight excluding hydrogens is 688 g/mol. The van der Waals surface area contributed by atoms with E-state index in [4.69, 9.17) is 5.73 Å². The SMILES string of the molecule is C[C@@H](O)[C@H]1C(=O)N2C(C(=O)[O-])=C(CN3C(=O)c4cccc5c(CC[N+]67CC[N+](CC(=O)NCCN)(CC6)CC7)ccc(c45)S3(=O)=O)[C@H](C)[C@H]12.[Cl-]. The van der Waals surface area contributed by atoms with Crippen molar-refractivity contribution in [1.29, 1.82) is 0 Å². The number of fused-ring (bicyclic) bond motifs is 4. The molecule has 6 aliphatic heterocycles. The zero-order valence-electron chi connectivity index (χ0n) is 28.1. The summed E-state index contributed by atoms with van der Waals surface area (Å²) in [5.74, 6) is -4.39. The van der Waals surface area contributed by atoms with Gasteiger partial charge in [0, 0.05) is 36.4 Å². The molecule has 4 saturated heterocycles. The van der Waals surface area contributed by atoms with Crippen molar-refractivity contribution in [3.63, 3.8) is 0 Å². The van der Waals surface area contributed by atoms with E-state index in [0.717, 1.165) is 65.2 Å². The number of nitrogens with zero attached hydrogens (tertiary/aromatic N) is 4. The van der Waals surface area contributed by atoms with Crippen molar-refractivity contribution in [2.24, 2.45) is 17.6 Å². The number of aliphatic hydroxyl groups is 1. The van der Waals surface area contributed by atoms with Crippen LogP contribution in [0.1, 0.15) is 29.8 Å². The molecule has 4 atom stereocenters. The molecule has 0 aromatic heterocycles. The molecule has 2 aromatic rings. The summed E-state index contributed by atoms with van der Waals surface area (Å²) in [6.07, 6.45) is -0.343. The summed E-state index contributed by atoms with van der Waals surface area (Å²) in [5.41, 5.74) is 6.36. The van der Waals surface area contributed by atoms with E-state index in [2.05, 4.69) is 5.32 Å².